The van der Waals surface area contributed by atoms with Crippen LogP contribution in [0.4, 0.5) is 0 Å². The van der Waals surface area contributed by atoms with E-state index in [0.717, 1.165) is 18.7 Å². The molecule has 0 rings (SSSR count). The van der Waals surface area contributed by atoms with Crippen LogP contribution in [0.15, 0.2) is 17.6 Å². The summed E-state index contributed by atoms with van der Waals surface area (Å²) in [7, 11) is 1.77. The molecule has 0 aromatic rings. The van der Waals surface area contributed by atoms with Crippen LogP contribution >= 0.6 is 0 Å². The van der Waals surface area contributed by atoms with Crippen molar-refractivity contribution >= 4 is 5.84 Å². The lowest BCUT2D eigenvalue weighted by Gasteiger charge is -2.15. The predicted octanol–water partition coefficient (Wildman–Crippen LogP) is 1.98. The van der Waals surface area contributed by atoms with Crippen LogP contribution in [0.3, 0.4) is 0 Å². The maximum absolute atomic E-state index is 4.03. The Morgan fingerprint density at radius 2 is 2.09 bits per heavy atom. The molecule has 0 aliphatic heterocycles. The Morgan fingerprint density at radius 1 is 1.55 bits per heavy atom. The van der Waals surface area contributed by atoms with E-state index in [0.29, 0.717) is 6.04 Å². The van der Waals surface area contributed by atoms with E-state index in [1.165, 1.54) is 0 Å². The second-order valence-electron chi connectivity index (χ2n) is 2.47. The van der Waals surface area contributed by atoms with Gasteiger partial charge in [0, 0.05) is 13.1 Å². The number of aliphatic imine (C=N–C) groups is 1. The first-order valence-electron chi connectivity index (χ1n) is 4.14. The average Bonchev–Trinajstić information content (AvgIpc) is 2.07. The number of nitrogens with one attached hydrogen (secondary N) is 1. The Bertz CT molecular complexity index is 134. The maximum Gasteiger partial charge on any atom is 0.120 e. The molecule has 0 aliphatic carbocycles. The quantitative estimate of drug-likeness (QED) is 0.486. The molecule has 0 aromatic carbocycles. The van der Waals surface area contributed by atoms with E-state index in [-0.39, 0.29) is 0 Å². The Morgan fingerprint density at radius 3 is 2.36 bits per heavy atom. The van der Waals surface area contributed by atoms with Crippen LogP contribution in [0, 0.1) is 0 Å². The molecule has 2 heteroatoms. The van der Waals surface area contributed by atoms with Crippen LogP contribution in [0.25, 0.3) is 0 Å². The standard InChI is InChI=1S/C9H18N2/c1-5-8(6-2)11-9(7-3)10-4/h7-8H,3,5-6H2,1-2,4H3,(H,10,11). The molecule has 2 nitrogen and oxygen atoms in total. The molecular weight excluding hydrogens is 136 g/mol. The van der Waals surface area contributed by atoms with Crippen molar-refractivity contribution in [3.05, 3.63) is 12.7 Å². The monoisotopic (exact) mass is 154 g/mol. The summed E-state index contributed by atoms with van der Waals surface area (Å²) in [6, 6.07) is 0.534. The van der Waals surface area contributed by atoms with Crippen molar-refractivity contribution in [2.75, 3.05) is 7.05 Å². The molecule has 0 fully saturated rings. The van der Waals surface area contributed by atoms with Gasteiger partial charge in [-0.1, -0.05) is 20.4 Å². The zero-order valence-corrected chi connectivity index (χ0v) is 7.72. The Kier molecular flexibility index (Phi) is 5.53. The number of nitrogens with zero attached hydrogens (tertiary/aromatic N) is 1. The lowest BCUT2D eigenvalue weighted by atomic mass is 10.2. The molecule has 1 N–H and O–H groups in total. The molecular formula is C9H18N2. The van der Waals surface area contributed by atoms with Gasteiger partial charge in [0.15, 0.2) is 0 Å². The number of rotatable bonds is 4. The van der Waals surface area contributed by atoms with Crippen molar-refractivity contribution in [2.24, 2.45) is 4.99 Å². The van der Waals surface area contributed by atoms with Crippen molar-refractivity contribution in [2.45, 2.75) is 32.7 Å². The molecule has 64 valence electrons. The summed E-state index contributed by atoms with van der Waals surface area (Å²) in [6.45, 7) is 7.99. The summed E-state index contributed by atoms with van der Waals surface area (Å²) in [5.41, 5.74) is 0. The van der Waals surface area contributed by atoms with Gasteiger partial charge in [0.1, 0.15) is 5.84 Å². The van der Waals surface area contributed by atoms with Crippen LogP contribution in [0.2, 0.25) is 0 Å². The van der Waals surface area contributed by atoms with Crippen LogP contribution in [0.5, 0.6) is 0 Å². The van der Waals surface area contributed by atoms with E-state index in [9.17, 15) is 0 Å². The van der Waals surface area contributed by atoms with E-state index >= 15 is 0 Å². The van der Waals surface area contributed by atoms with Gasteiger partial charge < -0.3 is 5.32 Å². The van der Waals surface area contributed by atoms with Gasteiger partial charge in [-0.25, -0.2) is 0 Å². The summed E-state index contributed by atoms with van der Waals surface area (Å²) in [6.07, 6.45) is 4.01. The fourth-order valence-electron chi connectivity index (χ4n) is 0.917. The molecule has 0 atom stereocenters. The maximum atomic E-state index is 4.03. The van der Waals surface area contributed by atoms with E-state index in [2.05, 4.69) is 30.7 Å². The first kappa shape index (κ1) is 10.2. The van der Waals surface area contributed by atoms with E-state index in [1.807, 2.05) is 0 Å². The van der Waals surface area contributed by atoms with Crippen molar-refractivity contribution in [3.63, 3.8) is 0 Å². The minimum atomic E-state index is 0.534. The highest BCUT2D eigenvalue weighted by Gasteiger charge is 2.01. The van der Waals surface area contributed by atoms with E-state index in [1.54, 1.807) is 13.1 Å². The Labute approximate surface area is 69.4 Å². The molecule has 0 amide bonds. The molecule has 11 heavy (non-hydrogen) atoms. The second-order valence-corrected chi connectivity index (χ2v) is 2.47. The van der Waals surface area contributed by atoms with Crippen LogP contribution in [-0.4, -0.2) is 18.9 Å². The Balaban J connectivity index is 3.88. The summed E-state index contributed by atoms with van der Waals surface area (Å²) >= 11 is 0. The van der Waals surface area contributed by atoms with Gasteiger partial charge in [0.05, 0.1) is 0 Å². The van der Waals surface area contributed by atoms with Gasteiger partial charge in [-0.05, 0) is 18.9 Å². The van der Waals surface area contributed by atoms with Crippen LogP contribution in [-0.2, 0) is 0 Å². The number of hydrogen-bond donors (Lipinski definition) is 1. The summed E-state index contributed by atoms with van der Waals surface area (Å²) in [4.78, 5) is 4.03. The van der Waals surface area contributed by atoms with E-state index < -0.39 is 0 Å². The third-order valence-corrected chi connectivity index (χ3v) is 1.77. The molecule has 0 heterocycles. The van der Waals surface area contributed by atoms with Gasteiger partial charge in [-0.15, -0.1) is 0 Å². The van der Waals surface area contributed by atoms with Crippen LogP contribution < -0.4 is 5.32 Å². The van der Waals surface area contributed by atoms with Gasteiger partial charge in [-0.3, -0.25) is 4.99 Å². The SMILES string of the molecule is C=CC(=NC)NC(CC)CC. The van der Waals surface area contributed by atoms with Crippen molar-refractivity contribution in [3.8, 4) is 0 Å². The molecule has 0 spiro atoms. The molecule has 0 radical (unpaired) electrons. The highest BCUT2D eigenvalue weighted by molar-refractivity contribution is 5.92. The number of hydrogen-bond acceptors (Lipinski definition) is 1. The predicted molar refractivity (Wildman–Crippen MR) is 51.1 cm³/mol. The molecule has 0 saturated carbocycles. The smallest absolute Gasteiger partial charge is 0.120 e. The first-order chi connectivity index (χ1) is 5.28. The minimum Gasteiger partial charge on any atom is -0.368 e. The zero-order chi connectivity index (χ0) is 8.69. The van der Waals surface area contributed by atoms with Crippen molar-refractivity contribution in [1.82, 2.24) is 5.32 Å². The highest BCUT2D eigenvalue weighted by atomic mass is 15.0. The second kappa shape index (κ2) is 5.96. The molecule has 0 saturated heterocycles. The fraction of sp³-hybridized carbons (Fsp3) is 0.667. The largest absolute Gasteiger partial charge is 0.368 e. The highest BCUT2D eigenvalue weighted by Crippen LogP contribution is 1.95. The molecule has 0 aromatic heterocycles. The lowest BCUT2D eigenvalue weighted by molar-refractivity contribution is 0.571. The third-order valence-electron chi connectivity index (χ3n) is 1.77. The Hall–Kier alpha value is -0.790. The summed E-state index contributed by atoms with van der Waals surface area (Å²) < 4.78 is 0. The van der Waals surface area contributed by atoms with Gasteiger partial charge in [0.25, 0.3) is 0 Å². The zero-order valence-electron chi connectivity index (χ0n) is 7.72. The summed E-state index contributed by atoms with van der Waals surface area (Å²) in [5, 5.41) is 3.28. The minimum absolute atomic E-state index is 0.534. The number of amidine groups is 1. The van der Waals surface area contributed by atoms with Crippen molar-refractivity contribution < 1.29 is 0 Å². The van der Waals surface area contributed by atoms with Gasteiger partial charge in [-0.2, -0.15) is 0 Å². The first-order valence-corrected chi connectivity index (χ1v) is 4.14. The van der Waals surface area contributed by atoms with Gasteiger partial charge >= 0.3 is 0 Å². The van der Waals surface area contributed by atoms with Crippen molar-refractivity contribution in [1.29, 1.82) is 0 Å². The summed E-state index contributed by atoms with van der Waals surface area (Å²) in [5.74, 6) is 0.888. The van der Waals surface area contributed by atoms with E-state index in [4.69, 9.17) is 0 Å². The average molecular weight is 154 g/mol. The fourth-order valence-corrected chi connectivity index (χ4v) is 0.917. The molecule has 0 unspecified atom stereocenters. The molecule has 0 aliphatic rings. The normalized spacial score (nSPS) is 11.8. The lowest BCUT2D eigenvalue weighted by Crippen LogP contribution is -2.32. The molecule has 0 bridgehead atoms. The third kappa shape index (κ3) is 3.81. The van der Waals surface area contributed by atoms with Crippen LogP contribution in [0.1, 0.15) is 26.7 Å². The topological polar surface area (TPSA) is 24.4 Å². The van der Waals surface area contributed by atoms with Gasteiger partial charge in [0.2, 0.25) is 0 Å².